The molecule has 56 heavy (non-hydrogen) atoms. The van der Waals surface area contributed by atoms with E-state index in [9.17, 15) is 145 Å². The molecular formula is C16HF33O7. The van der Waals surface area contributed by atoms with Crippen LogP contribution in [-0.4, -0.2) is 103 Å². The Labute approximate surface area is 277 Å². The van der Waals surface area contributed by atoms with Gasteiger partial charge in [0.15, 0.2) is 0 Å². The summed E-state index contributed by atoms with van der Waals surface area (Å²) in [5.74, 6) is -16.9. The molecule has 0 aromatic carbocycles. The first-order valence-corrected chi connectivity index (χ1v) is 11.2. The zero-order chi connectivity index (χ0) is 46.2. The molecule has 0 heterocycles. The molecule has 0 saturated carbocycles. The van der Waals surface area contributed by atoms with E-state index in [0.717, 1.165) is 23.7 Å². The van der Waals surface area contributed by atoms with Gasteiger partial charge in [0.1, 0.15) is 0 Å². The van der Waals surface area contributed by atoms with Crippen LogP contribution in [0.15, 0.2) is 0 Å². The SMILES string of the molecule is OC(F)(F)C(F)(F)OC(F)(F)C(F)(F)OC(F)(F)C(F)(F)OC(F)(F)C(F)(F)OC(F)(F)C(F)(F)OC(F)(F)C(F)(F)OC(F)(F)C(F)(F)C(F)(F)C(F)(F)F. The van der Waals surface area contributed by atoms with Crippen molar-refractivity contribution < 1.29 is 178 Å². The Kier molecular flexibility index (Phi) is 13.4. The van der Waals surface area contributed by atoms with E-state index in [1.54, 1.807) is 0 Å². The van der Waals surface area contributed by atoms with E-state index in [1.165, 1.54) is 4.74 Å². The molecule has 0 aliphatic rings. The van der Waals surface area contributed by atoms with Crippen molar-refractivity contribution in [3.63, 3.8) is 0 Å². The van der Waals surface area contributed by atoms with Crippen molar-refractivity contribution in [1.82, 2.24) is 0 Å². The Morgan fingerprint density at radius 3 is 0.482 bits per heavy atom. The third kappa shape index (κ3) is 9.98. The van der Waals surface area contributed by atoms with Gasteiger partial charge < -0.3 is 5.11 Å². The number of aliphatic hydroxyl groups is 1. The summed E-state index contributed by atoms with van der Waals surface area (Å²) >= 11 is 0. The van der Waals surface area contributed by atoms with E-state index >= 15 is 0 Å². The van der Waals surface area contributed by atoms with E-state index in [0.29, 0.717) is 0 Å². The van der Waals surface area contributed by atoms with Gasteiger partial charge in [-0.05, 0) is 0 Å². The van der Waals surface area contributed by atoms with Crippen molar-refractivity contribution in [1.29, 1.82) is 0 Å². The van der Waals surface area contributed by atoms with Crippen LogP contribution < -0.4 is 0 Å². The molecule has 40 heteroatoms. The maximum atomic E-state index is 13.4. The second-order valence-electron chi connectivity index (χ2n) is 9.00. The van der Waals surface area contributed by atoms with Crippen LogP contribution in [0.2, 0.25) is 0 Å². The third-order valence-electron chi connectivity index (χ3n) is 4.70. The number of hydrogen-bond acceptors (Lipinski definition) is 7. The fourth-order valence-electron chi connectivity index (χ4n) is 2.05. The van der Waals surface area contributed by atoms with Crippen molar-refractivity contribution in [3.8, 4) is 0 Å². The fourth-order valence-corrected chi connectivity index (χ4v) is 2.05. The molecule has 0 aromatic rings. The molecule has 0 spiro atoms. The predicted molar refractivity (Wildman–Crippen MR) is 89.0 cm³/mol. The maximum Gasteiger partial charge on any atom is 0.460 e. The molecular weight excluding hydrogens is 931 g/mol. The minimum Gasteiger partial charge on any atom is -0.329 e. The molecule has 0 radical (unpaired) electrons. The van der Waals surface area contributed by atoms with Crippen LogP contribution in [0.4, 0.5) is 145 Å². The molecule has 0 amide bonds. The van der Waals surface area contributed by atoms with Crippen LogP contribution in [-0.2, 0) is 28.4 Å². The first-order valence-electron chi connectivity index (χ1n) is 11.2. The van der Waals surface area contributed by atoms with Gasteiger partial charge in [-0.15, -0.1) is 0 Å². The van der Waals surface area contributed by atoms with Crippen molar-refractivity contribution in [3.05, 3.63) is 0 Å². The van der Waals surface area contributed by atoms with E-state index in [-0.39, 0.29) is 0 Å². The molecule has 1 N–H and O–H groups in total. The second kappa shape index (κ2) is 14.0. The summed E-state index contributed by atoms with van der Waals surface area (Å²) in [6, 6.07) is 0. The minimum atomic E-state index is -8.55. The van der Waals surface area contributed by atoms with Gasteiger partial charge in [0, 0.05) is 0 Å². The number of ether oxygens (including phenoxy) is 6. The summed E-state index contributed by atoms with van der Waals surface area (Å²) in [7, 11) is 0. The summed E-state index contributed by atoms with van der Waals surface area (Å²) < 4.78 is 435. The van der Waals surface area contributed by atoms with Gasteiger partial charge in [0.2, 0.25) is 0 Å². The van der Waals surface area contributed by atoms with Gasteiger partial charge in [-0.3, -0.25) is 0 Å². The molecule has 0 rings (SSSR count). The largest absolute Gasteiger partial charge is 0.460 e. The van der Waals surface area contributed by atoms with Crippen molar-refractivity contribution >= 4 is 0 Å². The molecule has 0 unspecified atom stereocenters. The van der Waals surface area contributed by atoms with Crippen molar-refractivity contribution in [2.45, 2.75) is 97.4 Å². The van der Waals surface area contributed by atoms with Crippen LogP contribution in [0.1, 0.15) is 0 Å². The van der Waals surface area contributed by atoms with Gasteiger partial charge in [-0.25, -0.2) is 28.4 Å². The summed E-state index contributed by atoms with van der Waals surface area (Å²) in [5, 5.41) is 7.50. The molecule has 0 aromatic heterocycles. The topological polar surface area (TPSA) is 75.6 Å². The van der Waals surface area contributed by atoms with Gasteiger partial charge in [0.05, 0.1) is 0 Å². The lowest BCUT2D eigenvalue weighted by molar-refractivity contribution is -0.597. The molecule has 338 valence electrons. The number of halogens is 33. The normalized spacial score (nSPS) is 16.8. The lowest BCUT2D eigenvalue weighted by Gasteiger charge is -2.38. The van der Waals surface area contributed by atoms with E-state index in [4.69, 9.17) is 5.11 Å². The Morgan fingerprint density at radius 1 is 0.196 bits per heavy atom. The summed E-state index contributed by atoms with van der Waals surface area (Å²) in [6.45, 7) is 0. The highest BCUT2D eigenvalue weighted by Gasteiger charge is 2.86. The first kappa shape index (κ1) is 53.4. The van der Waals surface area contributed by atoms with Gasteiger partial charge in [0.25, 0.3) is 0 Å². The minimum absolute atomic E-state index is 0.896. The summed E-state index contributed by atoms with van der Waals surface area (Å²) in [5.41, 5.74) is 0. The van der Waals surface area contributed by atoms with Gasteiger partial charge >= 0.3 is 97.4 Å². The monoisotopic (exact) mass is 932 g/mol. The molecule has 0 aliphatic heterocycles. The van der Waals surface area contributed by atoms with E-state index < -0.39 is 97.4 Å². The highest BCUT2D eigenvalue weighted by Crippen LogP contribution is 2.58. The highest BCUT2D eigenvalue weighted by molar-refractivity contribution is 4.97. The number of hydrogen-bond donors (Lipinski definition) is 1. The Hall–Kier alpha value is -2.59. The fraction of sp³-hybridized carbons (Fsp3) is 1.00. The zero-order valence-electron chi connectivity index (χ0n) is 23.4. The Morgan fingerprint density at radius 2 is 0.339 bits per heavy atom. The summed E-state index contributed by atoms with van der Waals surface area (Å²) in [4.78, 5) is 0. The smallest absolute Gasteiger partial charge is 0.329 e. The lowest BCUT2D eigenvalue weighted by Crippen LogP contribution is -2.65. The standard InChI is InChI=1S/C16HF33O7/c17-1(18,3(21,22)23)2(19,20)5(26,27)51-7(30,31)9(34,35)53-11(38,39)13(42,43)55-15(46,47)16(48,49)56-14(44,45)12(40,41)54-10(36,37)8(32,33)52-6(28,29)4(24,25)50/h50H. The Balaban J connectivity index is 6.49. The van der Waals surface area contributed by atoms with Crippen molar-refractivity contribution in [2.24, 2.45) is 0 Å². The molecule has 0 atom stereocenters. The highest BCUT2D eigenvalue weighted by atomic mass is 19.4. The number of rotatable bonds is 20. The van der Waals surface area contributed by atoms with Crippen LogP contribution in [0.25, 0.3) is 0 Å². The predicted octanol–water partition coefficient (Wildman–Crippen LogP) is 9.62. The van der Waals surface area contributed by atoms with Crippen LogP contribution >= 0.6 is 0 Å². The quantitative estimate of drug-likeness (QED) is 0.122. The molecule has 0 aliphatic carbocycles. The van der Waals surface area contributed by atoms with Gasteiger partial charge in [-0.1, -0.05) is 0 Å². The second-order valence-corrected chi connectivity index (χ2v) is 9.00. The molecule has 7 nitrogen and oxygen atoms in total. The average Bonchev–Trinajstić information content (AvgIpc) is 2.82. The first-order chi connectivity index (χ1) is 23.5. The van der Waals surface area contributed by atoms with Crippen molar-refractivity contribution in [2.75, 3.05) is 0 Å². The number of alkyl halides is 33. The Bertz CT molecular complexity index is 1360. The van der Waals surface area contributed by atoms with Crippen LogP contribution in [0, 0.1) is 0 Å². The molecule has 0 saturated heterocycles. The van der Waals surface area contributed by atoms with E-state index in [2.05, 4.69) is 0 Å². The summed E-state index contributed by atoms with van der Waals surface area (Å²) in [6.07, 6.45) is -115. The van der Waals surface area contributed by atoms with Crippen LogP contribution in [0.3, 0.4) is 0 Å². The maximum absolute atomic E-state index is 13.4. The molecule has 0 fully saturated rings. The zero-order valence-corrected chi connectivity index (χ0v) is 23.4. The lowest BCUT2D eigenvalue weighted by atomic mass is 10.1. The van der Waals surface area contributed by atoms with Crippen LogP contribution in [0.5, 0.6) is 0 Å². The van der Waals surface area contributed by atoms with Gasteiger partial charge in [-0.2, -0.15) is 145 Å². The third-order valence-corrected chi connectivity index (χ3v) is 4.70. The average molecular weight is 932 g/mol. The molecule has 0 bridgehead atoms. The van der Waals surface area contributed by atoms with E-state index in [1.807, 2.05) is 0 Å².